The molecule has 0 unspecified atom stereocenters. The van der Waals surface area contributed by atoms with E-state index < -0.39 is 0 Å². The zero-order chi connectivity index (χ0) is 10.6. The third-order valence-corrected chi connectivity index (χ3v) is 1.98. The van der Waals surface area contributed by atoms with Crippen molar-refractivity contribution < 1.29 is 9.53 Å². The summed E-state index contributed by atoms with van der Waals surface area (Å²) in [6.45, 7) is 3.93. The standard InChI is InChI=1S/C11H14O2S/c1-8(2)13-10-5-3-9(4-6-10)11(12)7-14/h3-6,8,14H,7H2,1-2H3. The number of ketones is 1. The third kappa shape index (κ3) is 3.07. The number of thiol groups is 1. The average molecular weight is 210 g/mol. The minimum atomic E-state index is 0.0319. The second kappa shape index (κ2) is 5.05. The lowest BCUT2D eigenvalue weighted by Gasteiger charge is -2.09. The van der Waals surface area contributed by atoms with Crippen LogP contribution in [0.15, 0.2) is 24.3 Å². The Bertz CT molecular complexity index is 304. The van der Waals surface area contributed by atoms with Crippen molar-refractivity contribution in [3.63, 3.8) is 0 Å². The normalized spacial score (nSPS) is 10.3. The molecule has 0 saturated heterocycles. The Balaban J connectivity index is 2.73. The zero-order valence-electron chi connectivity index (χ0n) is 8.36. The maximum absolute atomic E-state index is 11.2. The fraction of sp³-hybridized carbons (Fsp3) is 0.364. The lowest BCUT2D eigenvalue weighted by atomic mass is 10.1. The fourth-order valence-electron chi connectivity index (χ4n) is 1.08. The number of Topliss-reactive ketones (excluding diaryl/α,β-unsaturated/α-hetero) is 1. The predicted octanol–water partition coefficient (Wildman–Crippen LogP) is 2.59. The number of hydrogen-bond donors (Lipinski definition) is 1. The Labute approximate surface area is 89.7 Å². The summed E-state index contributed by atoms with van der Waals surface area (Å²) >= 11 is 3.93. The molecule has 76 valence electrons. The summed E-state index contributed by atoms with van der Waals surface area (Å²) in [5, 5.41) is 0. The van der Waals surface area contributed by atoms with E-state index in [0.29, 0.717) is 5.56 Å². The van der Waals surface area contributed by atoms with Crippen LogP contribution >= 0.6 is 12.6 Å². The summed E-state index contributed by atoms with van der Waals surface area (Å²) in [5.74, 6) is 1.06. The highest BCUT2D eigenvalue weighted by Gasteiger charge is 2.03. The first-order valence-electron chi connectivity index (χ1n) is 4.54. The van der Waals surface area contributed by atoms with Gasteiger partial charge in [-0.05, 0) is 38.1 Å². The van der Waals surface area contributed by atoms with E-state index in [1.807, 2.05) is 13.8 Å². The quantitative estimate of drug-likeness (QED) is 0.610. The van der Waals surface area contributed by atoms with Crippen molar-refractivity contribution in [2.75, 3.05) is 5.75 Å². The maximum Gasteiger partial charge on any atom is 0.172 e. The first kappa shape index (κ1) is 11.1. The summed E-state index contributed by atoms with van der Waals surface area (Å²) in [6, 6.07) is 7.12. The Kier molecular flexibility index (Phi) is 4.01. The van der Waals surface area contributed by atoms with Gasteiger partial charge in [0, 0.05) is 5.56 Å². The summed E-state index contributed by atoms with van der Waals surface area (Å²) in [6.07, 6.45) is 0.154. The van der Waals surface area contributed by atoms with Crippen LogP contribution in [0.5, 0.6) is 5.75 Å². The highest BCUT2D eigenvalue weighted by molar-refractivity contribution is 7.81. The molecule has 0 radical (unpaired) electrons. The molecule has 3 heteroatoms. The van der Waals surface area contributed by atoms with Gasteiger partial charge in [-0.1, -0.05) is 0 Å². The zero-order valence-corrected chi connectivity index (χ0v) is 9.25. The maximum atomic E-state index is 11.2. The van der Waals surface area contributed by atoms with Gasteiger partial charge in [0.1, 0.15) is 5.75 Å². The van der Waals surface area contributed by atoms with Gasteiger partial charge in [0.2, 0.25) is 0 Å². The number of carbonyl (C=O) groups excluding carboxylic acids is 1. The molecule has 0 fully saturated rings. The summed E-state index contributed by atoms with van der Waals surface area (Å²) < 4.78 is 5.45. The highest BCUT2D eigenvalue weighted by Crippen LogP contribution is 2.14. The lowest BCUT2D eigenvalue weighted by Crippen LogP contribution is -2.06. The molecule has 0 bridgehead atoms. The Morgan fingerprint density at radius 3 is 2.36 bits per heavy atom. The predicted molar refractivity (Wildman–Crippen MR) is 60.4 cm³/mol. The first-order valence-corrected chi connectivity index (χ1v) is 5.17. The van der Waals surface area contributed by atoms with Crippen molar-refractivity contribution in [1.82, 2.24) is 0 Å². The monoisotopic (exact) mass is 210 g/mol. The molecule has 0 aliphatic heterocycles. The molecule has 14 heavy (non-hydrogen) atoms. The van der Waals surface area contributed by atoms with Gasteiger partial charge in [-0.2, -0.15) is 12.6 Å². The van der Waals surface area contributed by atoms with E-state index >= 15 is 0 Å². The SMILES string of the molecule is CC(C)Oc1ccc(C(=O)CS)cc1. The van der Waals surface area contributed by atoms with Crippen LogP contribution in [0, 0.1) is 0 Å². The van der Waals surface area contributed by atoms with Crippen molar-refractivity contribution in [2.24, 2.45) is 0 Å². The molecule has 0 atom stereocenters. The van der Waals surface area contributed by atoms with Crippen LogP contribution in [-0.4, -0.2) is 17.6 Å². The number of ether oxygens (including phenoxy) is 1. The smallest absolute Gasteiger partial charge is 0.172 e. The van der Waals surface area contributed by atoms with E-state index in [4.69, 9.17) is 4.74 Å². The second-order valence-corrected chi connectivity index (χ2v) is 3.59. The van der Waals surface area contributed by atoms with Gasteiger partial charge in [0.15, 0.2) is 5.78 Å². The molecule has 1 aromatic carbocycles. The van der Waals surface area contributed by atoms with E-state index in [9.17, 15) is 4.79 Å². The van der Waals surface area contributed by atoms with Crippen molar-refractivity contribution in [3.8, 4) is 5.75 Å². The molecule has 0 aliphatic rings. The molecular weight excluding hydrogens is 196 g/mol. The van der Waals surface area contributed by atoms with Crippen LogP contribution in [0.3, 0.4) is 0 Å². The molecule has 1 rings (SSSR count). The van der Waals surface area contributed by atoms with Crippen molar-refractivity contribution in [2.45, 2.75) is 20.0 Å². The first-order chi connectivity index (χ1) is 6.63. The van der Waals surface area contributed by atoms with Crippen LogP contribution in [0.25, 0.3) is 0 Å². The Hall–Kier alpha value is -0.960. The van der Waals surface area contributed by atoms with Crippen LogP contribution in [-0.2, 0) is 0 Å². The van der Waals surface area contributed by atoms with E-state index in [-0.39, 0.29) is 17.6 Å². The highest BCUT2D eigenvalue weighted by atomic mass is 32.1. The summed E-state index contributed by atoms with van der Waals surface area (Å²) in [7, 11) is 0. The van der Waals surface area contributed by atoms with Gasteiger partial charge in [0.05, 0.1) is 11.9 Å². The van der Waals surface area contributed by atoms with Gasteiger partial charge in [-0.15, -0.1) is 0 Å². The minimum absolute atomic E-state index is 0.0319. The topological polar surface area (TPSA) is 26.3 Å². The van der Waals surface area contributed by atoms with E-state index in [1.54, 1.807) is 24.3 Å². The molecular formula is C11H14O2S. The number of carbonyl (C=O) groups is 1. The molecule has 0 aliphatic carbocycles. The molecule has 0 heterocycles. The van der Waals surface area contributed by atoms with Crippen LogP contribution in [0.4, 0.5) is 0 Å². The van der Waals surface area contributed by atoms with Crippen LogP contribution in [0.1, 0.15) is 24.2 Å². The van der Waals surface area contributed by atoms with Crippen LogP contribution in [0.2, 0.25) is 0 Å². The summed E-state index contributed by atoms with van der Waals surface area (Å²) in [4.78, 5) is 11.2. The van der Waals surface area contributed by atoms with Gasteiger partial charge in [0.25, 0.3) is 0 Å². The van der Waals surface area contributed by atoms with Crippen molar-refractivity contribution in [1.29, 1.82) is 0 Å². The third-order valence-electron chi connectivity index (χ3n) is 1.69. The molecule has 0 saturated carbocycles. The molecule has 0 spiro atoms. The van der Waals surface area contributed by atoms with Crippen molar-refractivity contribution >= 4 is 18.4 Å². The summed E-state index contributed by atoms with van der Waals surface area (Å²) in [5.41, 5.74) is 0.677. The van der Waals surface area contributed by atoms with Gasteiger partial charge < -0.3 is 4.74 Å². The van der Waals surface area contributed by atoms with Crippen LogP contribution < -0.4 is 4.74 Å². The fourth-order valence-corrected chi connectivity index (χ4v) is 1.27. The van der Waals surface area contributed by atoms with E-state index in [1.165, 1.54) is 0 Å². The van der Waals surface area contributed by atoms with Gasteiger partial charge >= 0.3 is 0 Å². The van der Waals surface area contributed by atoms with Crippen molar-refractivity contribution in [3.05, 3.63) is 29.8 Å². The molecule has 1 aromatic rings. The number of benzene rings is 1. The second-order valence-electron chi connectivity index (χ2n) is 3.27. The Morgan fingerprint density at radius 2 is 1.93 bits per heavy atom. The largest absolute Gasteiger partial charge is 0.491 e. The molecule has 0 amide bonds. The Morgan fingerprint density at radius 1 is 1.36 bits per heavy atom. The van der Waals surface area contributed by atoms with Gasteiger partial charge in [-0.3, -0.25) is 4.79 Å². The van der Waals surface area contributed by atoms with Gasteiger partial charge in [-0.25, -0.2) is 0 Å². The van der Waals surface area contributed by atoms with E-state index in [2.05, 4.69) is 12.6 Å². The minimum Gasteiger partial charge on any atom is -0.491 e. The molecule has 2 nitrogen and oxygen atoms in total. The average Bonchev–Trinajstić information content (AvgIpc) is 2.17. The number of rotatable bonds is 4. The molecule has 0 N–H and O–H groups in total. The van der Waals surface area contributed by atoms with E-state index in [0.717, 1.165) is 5.75 Å². The lowest BCUT2D eigenvalue weighted by molar-refractivity contribution is 0.102. The molecule has 0 aromatic heterocycles. The number of hydrogen-bond acceptors (Lipinski definition) is 3.